The minimum absolute atomic E-state index is 0.0213. The predicted molar refractivity (Wildman–Crippen MR) is 89.4 cm³/mol. The number of carbonyl (C=O) groups excluding carboxylic acids is 1. The average Bonchev–Trinajstić information content (AvgIpc) is 2.59. The van der Waals surface area contributed by atoms with Gasteiger partial charge in [0, 0.05) is 0 Å². The van der Waals surface area contributed by atoms with Gasteiger partial charge in [0.2, 0.25) is 0 Å². The molecular weight excluding hydrogens is 365 g/mol. The van der Waals surface area contributed by atoms with Gasteiger partial charge >= 0.3 is 12.1 Å². The van der Waals surface area contributed by atoms with Gasteiger partial charge in [0.15, 0.2) is 6.61 Å². The predicted octanol–water partition coefficient (Wildman–Crippen LogP) is 3.36. The summed E-state index contributed by atoms with van der Waals surface area (Å²) in [7, 11) is 0. The van der Waals surface area contributed by atoms with E-state index in [4.69, 9.17) is 9.84 Å². The molecule has 1 heterocycles. The van der Waals surface area contributed by atoms with Gasteiger partial charge in [-0.15, -0.1) is 0 Å². The Bertz CT molecular complexity index is 835. The van der Waals surface area contributed by atoms with E-state index < -0.39 is 36.4 Å². The fourth-order valence-corrected chi connectivity index (χ4v) is 2.31. The van der Waals surface area contributed by atoms with Crippen LogP contribution in [0.2, 0.25) is 0 Å². The van der Waals surface area contributed by atoms with Crippen LogP contribution in [0.5, 0.6) is 5.75 Å². The smallest absolute Gasteiger partial charge is 0.433 e. The summed E-state index contributed by atoms with van der Waals surface area (Å²) in [6.07, 6.45) is -4.57. The lowest BCUT2D eigenvalue weighted by Crippen LogP contribution is -2.27. The number of alkyl halides is 3. The standard InChI is InChI=1S/C18H17F3N2O4/c1-10(12-3-5-13(6-4-12)27-9-16(24)25)23-17(26)14-7-8-15(18(19,20)21)22-11(14)2/h3-8,10H,9H2,1-2H3,(H,23,26)(H,24,25). The van der Waals surface area contributed by atoms with E-state index in [2.05, 4.69) is 10.3 Å². The summed E-state index contributed by atoms with van der Waals surface area (Å²) in [4.78, 5) is 26.2. The van der Waals surface area contributed by atoms with Gasteiger partial charge in [0.25, 0.3) is 5.91 Å². The Labute approximate surface area is 153 Å². The number of benzene rings is 1. The third kappa shape index (κ3) is 5.44. The number of carboxylic acids is 1. The van der Waals surface area contributed by atoms with Crippen molar-refractivity contribution < 1.29 is 32.6 Å². The molecule has 1 atom stereocenters. The van der Waals surface area contributed by atoms with Crippen LogP contribution in [0, 0.1) is 6.92 Å². The number of aromatic nitrogens is 1. The number of pyridine rings is 1. The van der Waals surface area contributed by atoms with Crippen LogP contribution in [0.4, 0.5) is 13.2 Å². The summed E-state index contributed by atoms with van der Waals surface area (Å²) in [6, 6.07) is 7.85. The lowest BCUT2D eigenvalue weighted by molar-refractivity contribution is -0.141. The first kappa shape index (κ1) is 20.2. The molecule has 0 aliphatic heterocycles. The van der Waals surface area contributed by atoms with Crippen molar-refractivity contribution in [3.63, 3.8) is 0 Å². The van der Waals surface area contributed by atoms with Crippen LogP contribution < -0.4 is 10.1 Å². The maximum Gasteiger partial charge on any atom is 0.433 e. The van der Waals surface area contributed by atoms with Gasteiger partial charge in [0.1, 0.15) is 11.4 Å². The summed E-state index contributed by atoms with van der Waals surface area (Å²) in [5.41, 5.74) is -0.312. The number of halogens is 3. The Balaban J connectivity index is 2.06. The van der Waals surface area contributed by atoms with Crippen molar-refractivity contribution in [2.75, 3.05) is 6.61 Å². The second-order valence-corrected chi connectivity index (χ2v) is 5.77. The molecule has 1 aromatic carbocycles. The summed E-state index contributed by atoms with van der Waals surface area (Å²) in [5, 5.41) is 11.3. The number of rotatable bonds is 6. The largest absolute Gasteiger partial charge is 0.482 e. The monoisotopic (exact) mass is 382 g/mol. The van der Waals surface area contributed by atoms with Gasteiger partial charge < -0.3 is 15.2 Å². The molecule has 0 aliphatic rings. The van der Waals surface area contributed by atoms with Crippen molar-refractivity contribution in [1.29, 1.82) is 0 Å². The maximum atomic E-state index is 12.7. The zero-order chi connectivity index (χ0) is 20.2. The summed E-state index contributed by atoms with van der Waals surface area (Å²) < 4.78 is 43.0. The Morgan fingerprint density at radius 3 is 2.33 bits per heavy atom. The molecule has 27 heavy (non-hydrogen) atoms. The summed E-state index contributed by atoms with van der Waals surface area (Å²) >= 11 is 0. The summed E-state index contributed by atoms with van der Waals surface area (Å²) in [5.74, 6) is -1.28. The van der Waals surface area contributed by atoms with E-state index in [1.165, 1.54) is 6.92 Å². The first-order valence-corrected chi connectivity index (χ1v) is 7.88. The van der Waals surface area contributed by atoms with Crippen molar-refractivity contribution in [2.45, 2.75) is 26.1 Å². The fourth-order valence-electron chi connectivity index (χ4n) is 2.31. The van der Waals surface area contributed by atoms with Crippen molar-refractivity contribution in [2.24, 2.45) is 0 Å². The quantitative estimate of drug-likeness (QED) is 0.800. The molecule has 6 nitrogen and oxygen atoms in total. The van der Waals surface area contributed by atoms with Crippen molar-refractivity contribution in [1.82, 2.24) is 10.3 Å². The van der Waals surface area contributed by atoms with Crippen LogP contribution in [0.15, 0.2) is 36.4 Å². The Hall–Kier alpha value is -3.10. The van der Waals surface area contributed by atoms with Crippen LogP contribution in [0.25, 0.3) is 0 Å². The van der Waals surface area contributed by atoms with Crippen molar-refractivity contribution in [3.8, 4) is 5.75 Å². The minimum atomic E-state index is -4.57. The lowest BCUT2D eigenvalue weighted by atomic mass is 10.1. The molecule has 0 radical (unpaired) electrons. The Kier molecular flexibility index (Phi) is 6.04. The number of amides is 1. The number of carbonyl (C=O) groups is 2. The van der Waals surface area contributed by atoms with Crippen LogP contribution >= 0.6 is 0 Å². The highest BCUT2D eigenvalue weighted by Gasteiger charge is 2.33. The molecule has 1 aromatic heterocycles. The highest BCUT2D eigenvalue weighted by atomic mass is 19.4. The normalized spacial score (nSPS) is 12.3. The molecule has 0 saturated heterocycles. The van der Waals surface area contributed by atoms with E-state index in [0.29, 0.717) is 11.3 Å². The number of carboxylic acid groups (broad SMARTS) is 1. The van der Waals surface area contributed by atoms with Gasteiger partial charge in [-0.05, 0) is 43.7 Å². The van der Waals surface area contributed by atoms with E-state index in [-0.39, 0.29) is 11.3 Å². The molecule has 1 unspecified atom stereocenters. The van der Waals surface area contributed by atoms with E-state index in [1.54, 1.807) is 31.2 Å². The van der Waals surface area contributed by atoms with Gasteiger partial charge in [-0.2, -0.15) is 13.2 Å². The number of aliphatic carboxylic acids is 1. The van der Waals surface area contributed by atoms with Crippen LogP contribution in [0.1, 0.15) is 40.3 Å². The number of aryl methyl sites for hydroxylation is 1. The molecule has 9 heteroatoms. The molecular formula is C18H17F3N2O4. The molecule has 0 aliphatic carbocycles. The number of hydrogen-bond acceptors (Lipinski definition) is 4. The molecule has 2 N–H and O–H groups in total. The number of hydrogen-bond donors (Lipinski definition) is 2. The highest BCUT2D eigenvalue weighted by Crippen LogP contribution is 2.28. The SMILES string of the molecule is Cc1nc(C(F)(F)F)ccc1C(=O)NC(C)c1ccc(OCC(=O)O)cc1. The second-order valence-electron chi connectivity index (χ2n) is 5.77. The van der Waals surface area contributed by atoms with Gasteiger partial charge in [0.05, 0.1) is 17.3 Å². The van der Waals surface area contributed by atoms with E-state index >= 15 is 0 Å². The molecule has 0 bridgehead atoms. The Morgan fingerprint density at radius 1 is 1.19 bits per heavy atom. The second kappa shape index (κ2) is 8.07. The maximum absolute atomic E-state index is 12.7. The van der Waals surface area contributed by atoms with Gasteiger partial charge in [-0.1, -0.05) is 12.1 Å². The molecule has 1 amide bonds. The summed E-state index contributed by atoms with van der Waals surface area (Å²) in [6.45, 7) is 2.58. The van der Waals surface area contributed by atoms with Gasteiger partial charge in [-0.25, -0.2) is 9.78 Å². The molecule has 0 fully saturated rings. The third-order valence-corrected chi connectivity index (χ3v) is 3.71. The molecule has 0 spiro atoms. The fraction of sp³-hybridized carbons (Fsp3) is 0.278. The van der Waals surface area contributed by atoms with Crippen LogP contribution in [-0.4, -0.2) is 28.6 Å². The van der Waals surface area contributed by atoms with Crippen LogP contribution in [0.3, 0.4) is 0 Å². The van der Waals surface area contributed by atoms with Crippen molar-refractivity contribution in [3.05, 3.63) is 58.9 Å². The average molecular weight is 382 g/mol. The number of nitrogens with one attached hydrogen (secondary N) is 1. The molecule has 2 rings (SSSR count). The molecule has 2 aromatic rings. The van der Waals surface area contributed by atoms with E-state index in [0.717, 1.165) is 12.1 Å². The van der Waals surface area contributed by atoms with E-state index in [1.807, 2.05) is 0 Å². The highest BCUT2D eigenvalue weighted by molar-refractivity contribution is 5.95. The Morgan fingerprint density at radius 2 is 1.81 bits per heavy atom. The van der Waals surface area contributed by atoms with E-state index in [9.17, 15) is 22.8 Å². The minimum Gasteiger partial charge on any atom is -0.482 e. The first-order chi connectivity index (χ1) is 12.6. The third-order valence-electron chi connectivity index (χ3n) is 3.71. The lowest BCUT2D eigenvalue weighted by Gasteiger charge is -2.16. The number of nitrogens with zero attached hydrogens (tertiary/aromatic N) is 1. The van der Waals surface area contributed by atoms with Gasteiger partial charge in [-0.3, -0.25) is 4.79 Å². The first-order valence-electron chi connectivity index (χ1n) is 7.88. The zero-order valence-electron chi connectivity index (χ0n) is 14.5. The number of ether oxygens (including phenoxy) is 1. The van der Waals surface area contributed by atoms with Crippen LogP contribution in [-0.2, 0) is 11.0 Å². The molecule has 144 valence electrons. The zero-order valence-corrected chi connectivity index (χ0v) is 14.5. The van der Waals surface area contributed by atoms with Crippen molar-refractivity contribution >= 4 is 11.9 Å². The topological polar surface area (TPSA) is 88.5 Å². The molecule has 0 saturated carbocycles.